The fraction of sp³-hybridized carbons (Fsp3) is 0.333. The van der Waals surface area contributed by atoms with E-state index in [2.05, 4.69) is 14.8 Å². The molecule has 0 heterocycles. The van der Waals surface area contributed by atoms with Gasteiger partial charge in [0.25, 0.3) is 0 Å². The second kappa shape index (κ2) is 10.8. The third-order valence-electron chi connectivity index (χ3n) is 4.31. The maximum Gasteiger partial charge on any atom is 0.343 e. The molecule has 0 spiro atoms. The third-order valence-corrected chi connectivity index (χ3v) is 5.76. The summed E-state index contributed by atoms with van der Waals surface area (Å²) in [6.07, 6.45) is 0. The Kier molecular flexibility index (Phi) is 8.40. The number of nitrogens with one attached hydrogen (secondary N) is 2. The SMILES string of the molecule is COC(=O)COc1ccc(NC(=O)[C@@H](NS(=O)(=O)c2ccc(OC)cc2)C(C)C)cc1. The van der Waals surface area contributed by atoms with E-state index in [1.165, 1.54) is 38.5 Å². The zero-order chi connectivity index (χ0) is 23.0. The van der Waals surface area contributed by atoms with E-state index in [1.807, 2.05) is 0 Å². The second-order valence-corrected chi connectivity index (χ2v) is 8.61. The minimum absolute atomic E-state index is 0.0267. The number of benzene rings is 2. The van der Waals surface area contributed by atoms with E-state index < -0.39 is 27.9 Å². The van der Waals surface area contributed by atoms with Crippen LogP contribution in [0.15, 0.2) is 53.4 Å². The zero-order valence-corrected chi connectivity index (χ0v) is 18.6. The lowest BCUT2D eigenvalue weighted by Crippen LogP contribution is -2.47. The Hall–Kier alpha value is -3.11. The molecule has 2 rings (SSSR count). The van der Waals surface area contributed by atoms with Gasteiger partial charge in [-0.15, -0.1) is 0 Å². The number of esters is 1. The molecule has 2 N–H and O–H groups in total. The molecular weight excluding hydrogens is 424 g/mol. The number of ether oxygens (including phenoxy) is 3. The van der Waals surface area contributed by atoms with Gasteiger partial charge in [-0.3, -0.25) is 4.79 Å². The van der Waals surface area contributed by atoms with Gasteiger partial charge < -0.3 is 19.5 Å². The number of amides is 1. The number of rotatable bonds is 10. The summed E-state index contributed by atoms with van der Waals surface area (Å²) in [5.74, 6) is -0.382. The van der Waals surface area contributed by atoms with Crippen molar-refractivity contribution in [2.24, 2.45) is 5.92 Å². The molecule has 0 radical (unpaired) electrons. The Bertz CT molecular complexity index is 987. The van der Waals surface area contributed by atoms with E-state index >= 15 is 0 Å². The quantitative estimate of drug-likeness (QED) is 0.533. The molecule has 1 amide bonds. The van der Waals surface area contributed by atoms with Crippen LogP contribution in [0.25, 0.3) is 0 Å². The van der Waals surface area contributed by atoms with E-state index in [0.717, 1.165) is 0 Å². The maximum absolute atomic E-state index is 12.8. The lowest BCUT2D eigenvalue weighted by atomic mass is 10.0. The summed E-state index contributed by atoms with van der Waals surface area (Å²) in [6.45, 7) is 3.25. The van der Waals surface area contributed by atoms with Gasteiger partial charge in [0.15, 0.2) is 6.61 Å². The monoisotopic (exact) mass is 450 g/mol. The number of anilines is 1. The topological polar surface area (TPSA) is 120 Å². The van der Waals surface area contributed by atoms with E-state index in [0.29, 0.717) is 17.2 Å². The number of methoxy groups -OCH3 is 2. The van der Waals surface area contributed by atoms with Crippen molar-refractivity contribution in [1.29, 1.82) is 0 Å². The van der Waals surface area contributed by atoms with Gasteiger partial charge in [-0.2, -0.15) is 4.72 Å². The molecule has 10 heteroatoms. The summed E-state index contributed by atoms with van der Waals surface area (Å²) in [4.78, 5) is 23.9. The van der Waals surface area contributed by atoms with Crippen molar-refractivity contribution in [3.63, 3.8) is 0 Å². The van der Waals surface area contributed by atoms with Gasteiger partial charge in [0, 0.05) is 5.69 Å². The number of hydrogen-bond acceptors (Lipinski definition) is 7. The summed E-state index contributed by atoms with van der Waals surface area (Å²) in [6, 6.07) is 11.2. The number of sulfonamides is 1. The van der Waals surface area contributed by atoms with Crippen LogP contribution in [0.3, 0.4) is 0 Å². The molecule has 0 fully saturated rings. The van der Waals surface area contributed by atoms with E-state index in [9.17, 15) is 18.0 Å². The third kappa shape index (κ3) is 6.97. The molecule has 31 heavy (non-hydrogen) atoms. The summed E-state index contributed by atoms with van der Waals surface area (Å²) >= 11 is 0. The fourth-order valence-electron chi connectivity index (χ4n) is 2.54. The zero-order valence-electron chi connectivity index (χ0n) is 17.7. The molecule has 168 valence electrons. The van der Waals surface area contributed by atoms with E-state index in [4.69, 9.17) is 9.47 Å². The van der Waals surface area contributed by atoms with Crippen molar-refractivity contribution in [3.05, 3.63) is 48.5 Å². The van der Waals surface area contributed by atoms with Gasteiger partial charge in [-0.05, 0) is 54.4 Å². The van der Waals surface area contributed by atoms with Crippen LogP contribution < -0.4 is 19.5 Å². The molecular formula is C21H26N2O7S. The normalized spacial score (nSPS) is 12.2. The largest absolute Gasteiger partial charge is 0.497 e. The molecule has 0 unspecified atom stereocenters. The second-order valence-electron chi connectivity index (χ2n) is 6.90. The molecule has 2 aromatic rings. The molecule has 1 atom stereocenters. The fourth-order valence-corrected chi connectivity index (χ4v) is 3.88. The molecule has 0 aliphatic carbocycles. The molecule has 0 aliphatic heterocycles. The first-order valence-electron chi connectivity index (χ1n) is 9.43. The lowest BCUT2D eigenvalue weighted by Gasteiger charge is -2.22. The Morgan fingerprint density at radius 3 is 2.03 bits per heavy atom. The highest BCUT2D eigenvalue weighted by Crippen LogP contribution is 2.19. The van der Waals surface area contributed by atoms with Crippen LogP contribution in [0.4, 0.5) is 5.69 Å². The van der Waals surface area contributed by atoms with Crippen LogP contribution in [-0.4, -0.2) is 47.2 Å². The van der Waals surface area contributed by atoms with Gasteiger partial charge in [-0.1, -0.05) is 13.8 Å². The van der Waals surface area contributed by atoms with Gasteiger partial charge in [0.05, 0.1) is 19.1 Å². The van der Waals surface area contributed by atoms with Gasteiger partial charge in [0.1, 0.15) is 17.5 Å². The highest BCUT2D eigenvalue weighted by molar-refractivity contribution is 7.89. The van der Waals surface area contributed by atoms with Crippen LogP contribution in [0.1, 0.15) is 13.8 Å². The van der Waals surface area contributed by atoms with Crippen LogP contribution in [0.2, 0.25) is 0 Å². The summed E-state index contributed by atoms with van der Waals surface area (Å²) in [5.41, 5.74) is 0.449. The highest BCUT2D eigenvalue weighted by Gasteiger charge is 2.28. The van der Waals surface area contributed by atoms with Crippen molar-refractivity contribution in [3.8, 4) is 11.5 Å². The van der Waals surface area contributed by atoms with E-state index in [1.54, 1.807) is 38.1 Å². The average molecular weight is 451 g/mol. The van der Waals surface area contributed by atoms with Crippen LogP contribution >= 0.6 is 0 Å². The summed E-state index contributed by atoms with van der Waals surface area (Å²) < 4.78 is 42.7. The molecule has 9 nitrogen and oxygen atoms in total. The Balaban J connectivity index is 2.07. The predicted molar refractivity (Wildman–Crippen MR) is 115 cm³/mol. The van der Waals surface area contributed by atoms with Crippen molar-refractivity contribution < 1.29 is 32.2 Å². The Labute approximate surface area is 181 Å². The summed E-state index contributed by atoms with van der Waals surface area (Å²) in [7, 11) is -1.17. The standard InChI is InChI=1S/C21H26N2O7S/c1-14(2)20(23-31(26,27)18-11-9-16(28-3)10-12-18)21(25)22-15-5-7-17(8-6-15)30-13-19(24)29-4/h5-12,14,20,23H,13H2,1-4H3,(H,22,25)/t20-/m0/s1. The Morgan fingerprint density at radius 2 is 1.52 bits per heavy atom. The first-order chi connectivity index (χ1) is 14.7. The predicted octanol–water partition coefficient (Wildman–Crippen LogP) is 2.19. The molecule has 0 saturated heterocycles. The first-order valence-corrected chi connectivity index (χ1v) is 10.9. The van der Waals surface area contributed by atoms with Crippen molar-refractivity contribution >= 4 is 27.6 Å². The molecule has 2 aromatic carbocycles. The average Bonchev–Trinajstić information content (AvgIpc) is 2.76. The molecule has 0 aliphatic rings. The maximum atomic E-state index is 12.8. The molecule has 0 bridgehead atoms. The minimum atomic E-state index is -3.92. The lowest BCUT2D eigenvalue weighted by molar-refractivity contribution is -0.142. The van der Waals surface area contributed by atoms with Crippen LogP contribution in [-0.2, 0) is 24.3 Å². The van der Waals surface area contributed by atoms with Crippen LogP contribution in [0, 0.1) is 5.92 Å². The van der Waals surface area contributed by atoms with E-state index in [-0.39, 0.29) is 17.4 Å². The van der Waals surface area contributed by atoms with Crippen LogP contribution in [0.5, 0.6) is 11.5 Å². The van der Waals surface area contributed by atoms with Gasteiger partial charge >= 0.3 is 5.97 Å². The van der Waals surface area contributed by atoms with Crippen molar-refractivity contribution in [2.45, 2.75) is 24.8 Å². The Morgan fingerprint density at radius 1 is 0.935 bits per heavy atom. The van der Waals surface area contributed by atoms with Gasteiger partial charge in [0.2, 0.25) is 15.9 Å². The van der Waals surface area contributed by atoms with Crippen molar-refractivity contribution in [1.82, 2.24) is 4.72 Å². The van der Waals surface area contributed by atoms with Crippen molar-refractivity contribution in [2.75, 3.05) is 26.1 Å². The number of hydrogen-bond donors (Lipinski definition) is 2. The molecule has 0 aromatic heterocycles. The smallest absolute Gasteiger partial charge is 0.343 e. The number of carbonyl (C=O) groups is 2. The molecule has 0 saturated carbocycles. The summed E-state index contributed by atoms with van der Waals surface area (Å²) in [5, 5.41) is 2.69. The first kappa shape index (κ1) is 24.2. The minimum Gasteiger partial charge on any atom is -0.497 e. The highest BCUT2D eigenvalue weighted by atomic mass is 32.2. The van der Waals surface area contributed by atoms with Gasteiger partial charge in [-0.25, -0.2) is 13.2 Å². The number of carbonyl (C=O) groups excluding carboxylic acids is 2.